The average Bonchev–Trinajstić information content (AvgIpc) is 3.45. The lowest BCUT2D eigenvalue weighted by Gasteiger charge is -2.34. The SMILES string of the molecule is CCC(CC1(C)CC1C)C(C)C(C)C(C)C1CC12C(C)C2CC. The lowest BCUT2D eigenvalue weighted by Crippen LogP contribution is -2.27. The number of hydrogen-bond acceptors (Lipinski definition) is 0. The highest BCUT2D eigenvalue weighted by molar-refractivity contribution is 5.23. The molecule has 1 spiro atoms. The molecule has 134 valence electrons. The van der Waals surface area contributed by atoms with Crippen molar-refractivity contribution in [1.82, 2.24) is 0 Å². The fourth-order valence-corrected chi connectivity index (χ4v) is 6.94. The van der Waals surface area contributed by atoms with Gasteiger partial charge in [0.05, 0.1) is 0 Å². The van der Waals surface area contributed by atoms with E-state index in [1.54, 1.807) is 6.42 Å². The number of hydrogen-bond donors (Lipinski definition) is 0. The molecule has 3 aliphatic rings. The molecule has 0 aromatic heterocycles. The molecule has 3 rings (SSSR count). The maximum atomic E-state index is 2.59. The molecule has 23 heavy (non-hydrogen) atoms. The van der Waals surface area contributed by atoms with E-state index >= 15 is 0 Å². The molecule has 3 saturated carbocycles. The highest BCUT2D eigenvalue weighted by atomic mass is 14.8. The van der Waals surface area contributed by atoms with Crippen molar-refractivity contribution in [1.29, 1.82) is 0 Å². The van der Waals surface area contributed by atoms with Gasteiger partial charge in [0.1, 0.15) is 0 Å². The standard InChI is InChI=1S/C23H42/c1-9-19(12-22(8)11-14(22)3)16(5)15(4)17(6)21-13-23(21)18(7)20(23)10-2/h14-21H,9-13H2,1-8H3. The smallest absolute Gasteiger partial charge is 0.0204 e. The lowest BCUT2D eigenvalue weighted by atomic mass is 9.71. The molecule has 10 atom stereocenters. The lowest BCUT2D eigenvalue weighted by molar-refractivity contribution is 0.150. The first kappa shape index (κ1) is 17.8. The Morgan fingerprint density at radius 3 is 2.04 bits per heavy atom. The van der Waals surface area contributed by atoms with Crippen molar-refractivity contribution in [2.45, 2.75) is 87.5 Å². The Morgan fingerprint density at radius 2 is 1.61 bits per heavy atom. The second-order valence-corrected chi connectivity index (χ2v) is 10.4. The third-order valence-corrected chi connectivity index (χ3v) is 9.67. The molecule has 10 unspecified atom stereocenters. The van der Waals surface area contributed by atoms with Gasteiger partial charge >= 0.3 is 0 Å². The molecule has 0 heteroatoms. The largest absolute Gasteiger partial charge is 0.0651 e. The third-order valence-electron chi connectivity index (χ3n) is 9.67. The van der Waals surface area contributed by atoms with Gasteiger partial charge in [0, 0.05) is 0 Å². The molecular formula is C23H42. The minimum absolute atomic E-state index is 0.678. The minimum atomic E-state index is 0.678. The number of rotatable bonds is 8. The third kappa shape index (κ3) is 2.71. The molecule has 3 aliphatic carbocycles. The van der Waals surface area contributed by atoms with Crippen LogP contribution in [-0.4, -0.2) is 0 Å². The fourth-order valence-electron chi connectivity index (χ4n) is 6.94. The van der Waals surface area contributed by atoms with Gasteiger partial charge in [0.2, 0.25) is 0 Å². The van der Waals surface area contributed by atoms with Gasteiger partial charge in [0.25, 0.3) is 0 Å². The summed E-state index contributed by atoms with van der Waals surface area (Å²) in [4.78, 5) is 0. The van der Waals surface area contributed by atoms with E-state index in [0.29, 0.717) is 5.41 Å². The Labute approximate surface area is 146 Å². The molecule has 0 aromatic carbocycles. The topological polar surface area (TPSA) is 0 Å². The van der Waals surface area contributed by atoms with Crippen LogP contribution in [-0.2, 0) is 0 Å². The van der Waals surface area contributed by atoms with Crippen LogP contribution in [0.15, 0.2) is 0 Å². The Bertz CT molecular complexity index is 439. The predicted octanol–water partition coefficient (Wildman–Crippen LogP) is 7.04. The highest BCUT2D eigenvalue weighted by Gasteiger charge is 2.75. The average molecular weight is 319 g/mol. The Balaban J connectivity index is 1.57. The zero-order chi connectivity index (χ0) is 17.2. The molecule has 0 nitrogen and oxygen atoms in total. The van der Waals surface area contributed by atoms with Gasteiger partial charge in [-0.25, -0.2) is 0 Å². The summed E-state index contributed by atoms with van der Waals surface area (Å²) in [5.74, 6) is 7.77. The predicted molar refractivity (Wildman–Crippen MR) is 101 cm³/mol. The van der Waals surface area contributed by atoms with E-state index in [1.165, 1.54) is 25.7 Å². The van der Waals surface area contributed by atoms with Gasteiger partial charge in [-0.3, -0.25) is 0 Å². The first-order valence-corrected chi connectivity index (χ1v) is 10.7. The Kier molecular flexibility index (Phi) is 4.47. The van der Waals surface area contributed by atoms with E-state index in [0.717, 1.165) is 52.8 Å². The van der Waals surface area contributed by atoms with Gasteiger partial charge in [-0.1, -0.05) is 68.2 Å². The van der Waals surface area contributed by atoms with Crippen LogP contribution >= 0.6 is 0 Å². The summed E-state index contributed by atoms with van der Waals surface area (Å²) in [6.07, 6.45) is 7.30. The van der Waals surface area contributed by atoms with Crippen LogP contribution in [0.2, 0.25) is 0 Å². The highest BCUT2D eigenvalue weighted by Crippen LogP contribution is 2.81. The first-order chi connectivity index (χ1) is 10.7. The van der Waals surface area contributed by atoms with Gasteiger partial charge in [-0.15, -0.1) is 0 Å². The molecule has 3 fully saturated rings. The normalized spacial score (nSPS) is 49.6. The van der Waals surface area contributed by atoms with Crippen LogP contribution < -0.4 is 0 Å². The van der Waals surface area contributed by atoms with Crippen LogP contribution in [0.5, 0.6) is 0 Å². The van der Waals surface area contributed by atoms with Gasteiger partial charge in [-0.05, 0) is 77.4 Å². The monoisotopic (exact) mass is 318 g/mol. The minimum Gasteiger partial charge on any atom is -0.0651 e. The molecule has 0 aromatic rings. The van der Waals surface area contributed by atoms with Crippen LogP contribution in [0.3, 0.4) is 0 Å². The van der Waals surface area contributed by atoms with E-state index < -0.39 is 0 Å². The molecule has 0 bridgehead atoms. The van der Waals surface area contributed by atoms with Crippen molar-refractivity contribution in [2.75, 3.05) is 0 Å². The van der Waals surface area contributed by atoms with Crippen molar-refractivity contribution in [2.24, 2.45) is 58.2 Å². The van der Waals surface area contributed by atoms with Crippen LogP contribution in [0.4, 0.5) is 0 Å². The summed E-state index contributed by atoms with van der Waals surface area (Å²) in [5, 5.41) is 0. The van der Waals surface area contributed by atoms with Gasteiger partial charge in [-0.2, -0.15) is 0 Å². The molecule has 0 amide bonds. The van der Waals surface area contributed by atoms with E-state index in [9.17, 15) is 0 Å². The van der Waals surface area contributed by atoms with Crippen LogP contribution in [0, 0.1) is 58.2 Å². The molecular weight excluding hydrogens is 276 g/mol. The van der Waals surface area contributed by atoms with Crippen LogP contribution in [0.1, 0.15) is 87.5 Å². The second-order valence-electron chi connectivity index (χ2n) is 10.4. The maximum Gasteiger partial charge on any atom is -0.0204 e. The first-order valence-electron chi connectivity index (χ1n) is 10.7. The van der Waals surface area contributed by atoms with E-state index in [1.807, 2.05) is 0 Å². The quantitative estimate of drug-likeness (QED) is 0.450. The molecule has 0 N–H and O–H groups in total. The summed E-state index contributed by atoms with van der Waals surface area (Å²) in [7, 11) is 0. The Morgan fingerprint density at radius 1 is 1.00 bits per heavy atom. The maximum absolute atomic E-state index is 2.59. The van der Waals surface area contributed by atoms with Crippen molar-refractivity contribution in [3.63, 3.8) is 0 Å². The van der Waals surface area contributed by atoms with E-state index in [4.69, 9.17) is 0 Å². The molecule has 0 aliphatic heterocycles. The van der Waals surface area contributed by atoms with E-state index in [2.05, 4.69) is 55.4 Å². The molecule has 0 heterocycles. The summed E-state index contributed by atoms with van der Waals surface area (Å²) in [5.41, 5.74) is 1.48. The summed E-state index contributed by atoms with van der Waals surface area (Å²) in [6.45, 7) is 20.1. The zero-order valence-corrected chi connectivity index (χ0v) is 17.2. The van der Waals surface area contributed by atoms with Crippen molar-refractivity contribution in [3.05, 3.63) is 0 Å². The van der Waals surface area contributed by atoms with Crippen LogP contribution in [0.25, 0.3) is 0 Å². The molecule has 0 saturated heterocycles. The fraction of sp³-hybridized carbons (Fsp3) is 1.00. The van der Waals surface area contributed by atoms with Gasteiger partial charge < -0.3 is 0 Å². The summed E-state index contributed by atoms with van der Waals surface area (Å²) >= 11 is 0. The Hall–Kier alpha value is 0. The zero-order valence-electron chi connectivity index (χ0n) is 17.2. The van der Waals surface area contributed by atoms with Crippen molar-refractivity contribution < 1.29 is 0 Å². The van der Waals surface area contributed by atoms with Crippen molar-refractivity contribution >= 4 is 0 Å². The van der Waals surface area contributed by atoms with E-state index in [-0.39, 0.29) is 0 Å². The van der Waals surface area contributed by atoms with Crippen molar-refractivity contribution in [3.8, 4) is 0 Å². The summed E-state index contributed by atoms with van der Waals surface area (Å²) in [6, 6.07) is 0. The summed E-state index contributed by atoms with van der Waals surface area (Å²) < 4.78 is 0. The molecule has 0 radical (unpaired) electrons. The second kappa shape index (κ2) is 5.77. The van der Waals surface area contributed by atoms with Gasteiger partial charge in [0.15, 0.2) is 0 Å².